The maximum atomic E-state index is 5.41. The topological polar surface area (TPSA) is 34.1 Å². The van der Waals surface area contributed by atoms with Crippen molar-refractivity contribution in [1.82, 2.24) is 10.3 Å². The summed E-state index contributed by atoms with van der Waals surface area (Å²) in [4.78, 5) is 4.12. The average molecular weight is 200 g/mol. The minimum atomic E-state index is 0.531. The predicted molar refractivity (Wildman–Crippen MR) is 54.9 cm³/mol. The molecule has 0 aliphatic heterocycles. The maximum Gasteiger partial charge on any atom is 0.118 e. The predicted octanol–water partition coefficient (Wildman–Crippen LogP) is 1.66. The van der Waals surface area contributed by atoms with Crippen LogP contribution in [0.15, 0.2) is 11.6 Å². The van der Waals surface area contributed by atoms with Crippen molar-refractivity contribution >= 4 is 11.3 Å². The molecule has 3 nitrogen and oxygen atoms in total. The molecule has 1 heterocycles. The third-order valence-electron chi connectivity index (χ3n) is 1.51. The van der Waals surface area contributed by atoms with Crippen LogP contribution in [-0.2, 0) is 11.3 Å². The second kappa shape index (κ2) is 6.07. The molecule has 4 heteroatoms. The Labute approximate surface area is 83.1 Å². The van der Waals surface area contributed by atoms with Gasteiger partial charge in [0.05, 0.1) is 13.2 Å². The fourth-order valence-corrected chi connectivity index (χ4v) is 1.46. The van der Waals surface area contributed by atoms with Crippen molar-refractivity contribution in [3.8, 4) is 0 Å². The van der Waals surface area contributed by atoms with Crippen molar-refractivity contribution in [3.63, 3.8) is 0 Å². The summed E-state index contributed by atoms with van der Waals surface area (Å²) in [5.41, 5.74) is 0. The van der Waals surface area contributed by atoms with E-state index in [-0.39, 0.29) is 0 Å². The molecule has 0 aliphatic carbocycles. The number of hydrogen-bond donors (Lipinski definition) is 1. The molecule has 0 bridgehead atoms. The second-order valence-corrected chi connectivity index (χ2v) is 4.07. The van der Waals surface area contributed by atoms with E-state index in [2.05, 4.69) is 24.1 Å². The Morgan fingerprint density at radius 1 is 1.62 bits per heavy atom. The third kappa shape index (κ3) is 4.98. The standard InChI is InChI=1S/C9H16N2OS/c1-8(2)10-3-5-12-7-9-11-4-6-13-9/h4,6,8,10H,3,5,7H2,1-2H3. The summed E-state index contributed by atoms with van der Waals surface area (Å²) in [6.07, 6.45) is 1.80. The molecule has 74 valence electrons. The zero-order valence-corrected chi connectivity index (χ0v) is 8.93. The fourth-order valence-electron chi connectivity index (χ4n) is 0.903. The number of nitrogens with zero attached hydrogens (tertiary/aromatic N) is 1. The van der Waals surface area contributed by atoms with Gasteiger partial charge in [-0.2, -0.15) is 0 Å². The van der Waals surface area contributed by atoms with E-state index in [0.717, 1.165) is 18.2 Å². The van der Waals surface area contributed by atoms with Gasteiger partial charge in [-0.3, -0.25) is 0 Å². The van der Waals surface area contributed by atoms with Crippen LogP contribution in [0.2, 0.25) is 0 Å². The van der Waals surface area contributed by atoms with E-state index in [1.807, 2.05) is 5.38 Å². The summed E-state index contributed by atoms with van der Waals surface area (Å²) in [6.45, 7) is 6.54. The molecule has 0 atom stereocenters. The van der Waals surface area contributed by atoms with Crippen molar-refractivity contribution in [2.45, 2.75) is 26.5 Å². The van der Waals surface area contributed by atoms with Gasteiger partial charge in [0.1, 0.15) is 5.01 Å². The molecule has 1 aromatic rings. The summed E-state index contributed by atoms with van der Waals surface area (Å²) >= 11 is 1.63. The molecule has 1 aromatic heterocycles. The number of ether oxygens (including phenoxy) is 1. The van der Waals surface area contributed by atoms with Gasteiger partial charge < -0.3 is 10.1 Å². The van der Waals surface area contributed by atoms with Crippen LogP contribution in [-0.4, -0.2) is 24.2 Å². The molecular weight excluding hydrogens is 184 g/mol. The van der Waals surface area contributed by atoms with Gasteiger partial charge in [-0.05, 0) is 0 Å². The lowest BCUT2D eigenvalue weighted by Gasteiger charge is -2.07. The normalized spacial score (nSPS) is 11.0. The molecule has 0 saturated heterocycles. The van der Waals surface area contributed by atoms with Gasteiger partial charge in [0.2, 0.25) is 0 Å². The van der Waals surface area contributed by atoms with Crippen LogP contribution in [0.4, 0.5) is 0 Å². The van der Waals surface area contributed by atoms with Crippen molar-refractivity contribution in [2.75, 3.05) is 13.2 Å². The number of rotatable bonds is 6. The molecule has 1 N–H and O–H groups in total. The second-order valence-electron chi connectivity index (χ2n) is 3.09. The van der Waals surface area contributed by atoms with Crippen LogP contribution in [0.5, 0.6) is 0 Å². The highest BCUT2D eigenvalue weighted by atomic mass is 32.1. The minimum Gasteiger partial charge on any atom is -0.373 e. The lowest BCUT2D eigenvalue weighted by molar-refractivity contribution is 0.121. The lowest BCUT2D eigenvalue weighted by Crippen LogP contribution is -2.26. The van der Waals surface area contributed by atoms with Crippen molar-refractivity contribution in [3.05, 3.63) is 16.6 Å². The maximum absolute atomic E-state index is 5.41. The Morgan fingerprint density at radius 3 is 3.08 bits per heavy atom. The molecule has 0 fully saturated rings. The molecule has 0 amide bonds. The number of aromatic nitrogens is 1. The lowest BCUT2D eigenvalue weighted by atomic mass is 10.4. The minimum absolute atomic E-state index is 0.531. The van der Waals surface area contributed by atoms with Gasteiger partial charge in [-0.25, -0.2) is 4.98 Å². The van der Waals surface area contributed by atoms with E-state index >= 15 is 0 Å². The number of nitrogens with one attached hydrogen (secondary N) is 1. The van der Waals surface area contributed by atoms with Gasteiger partial charge >= 0.3 is 0 Å². The molecule has 1 rings (SSSR count). The van der Waals surface area contributed by atoms with Crippen LogP contribution in [0.3, 0.4) is 0 Å². The Hall–Kier alpha value is -0.450. The van der Waals surface area contributed by atoms with E-state index < -0.39 is 0 Å². The summed E-state index contributed by atoms with van der Waals surface area (Å²) in [5.74, 6) is 0. The average Bonchev–Trinajstić information content (AvgIpc) is 2.55. The van der Waals surface area contributed by atoms with Gasteiger partial charge in [0.15, 0.2) is 0 Å². The molecule has 0 radical (unpaired) electrons. The monoisotopic (exact) mass is 200 g/mol. The first kappa shape index (κ1) is 10.6. The zero-order valence-electron chi connectivity index (χ0n) is 8.12. The van der Waals surface area contributed by atoms with E-state index in [9.17, 15) is 0 Å². The van der Waals surface area contributed by atoms with E-state index in [1.54, 1.807) is 17.5 Å². The van der Waals surface area contributed by atoms with Crippen LogP contribution in [0, 0.1) is 0 Å². The number of thiazole rings is 1. The molecule has 0 aliphatic rings. The van der Waals surface area contributed by atoms with E-state index in [4.69, 9.17) is 4.74 Å². The largest absolute Gasteiger partial charge is 0.373 e. The summed E-state index contributed by atoms with van der Waals surface area (Å²) in [7, 11) is 0. The van der Waals surface area contributed by atoms with Crippen LogP contribution in [0.25, 0.3) is 0 Å². The van der Waals surface area contributed by atoms with Gasteiger partial charge in [-0.1, -0.05) is 13.8 Å². The first-order valence-corrected chi connectivity index (χ1v) is 5.36. The molecule has 0 spiro atoms. The smallest absolute Gasteiger partial charge is 0.118 e. The molecule has 13 heavy (non-hydrogen) atoms. The van der Waals surface area contributed by atoms with E-state index in [0.29, 0.717) is 12.6 Å². The Bertz CT molecular complexity index is 211. The first-order chi connectivity index (χ1) is 6.29. The summed E-state index contributed by atoms with van der Waals surface area (Å²) < 4.78 is 5.41. The highest BCUT2D eigenvalue weighted by molar-refractivity contribution is 7.09. The Kier molecular flexibility index (Phi) is 4.97. The summed E-state index contributed by atoms with van der Waals surface area (Å²) in [5, 5.41) is 6.29. The van der Waals surface area contributed by atoms with Gasteiger partial charge in [-0.15, -0.1) is 11.3 Å². The third-order valence-corrected chi connectivity index (χ3v) is 2.26. The van der Waals surface area contributed by atoms with Crippen LogP contribution in [0.1, 0.15) is 18.9 Å². The summed E-state index contributed by atoms with van der Waals surface area (Å²) in [6, 6.07) is 0.531. The zero-order chi connectivity index (χ0) is 9.52. The van der Waals surface area contributed by atoms with Crippen molar-refractivity contribution < 1.29 is 4.74 Å². The first-order valence-electron chi connectivity index (χ1n) is 4.48. The Morgan fingerprint density at radius 2 is 2.46 bits per heavy atom. The van der Waals surface area contributed by atoms with Gasteiger partial charge in [0.25, 0.3) is 0 Å². The number of hydrogen-bond acceptors (Lipinski definition) is 4. The molecule has 0 saturated carbocycles. The van der Waals surface area contributed by atoms with Crippen molar-refractivity contribution in [1.29, 1.82) is 0 Å². The molecular formula is C9H16N2OS. The van der Waals surface area contributed by atoms with E-state index in [1.165, 1.54) is 0 Å². The highest BCUT2D eigenvalue weighted by Gasteiger charge is 1.95. The van der Waals surface area contributed by atoms with Crippen molar-refractivity contribution in [2.24, 2.45) is 0 Å². The molecule has 0 aromatic carbocycles. The quantitative estimate of drug-likeness (QED) is 0.709. The van der Waals surface area contributed by atoms with Crippen LogP contribution < -0.4 is 5.32 Å². The van der Waals surface area contributed by atoms with Gasteiger partial charge in [0, 0.05) is 24.2 Å². The SMILES string of the molecule is CC(C)NCCOCc1nccs1. The Balaban J connectivity index is 1.96. The fraction of sp³-hybridized carbons (Fsp3) is 0.667. The highest BCUT2D eigenvalue weighted by Crippen LogP contribution is 2.04. The van der Waals surface area contributed by atoms with Crippen LogP contribution >= 0.6 is 11.3 Å². The molecule has 0 unspecified atom stereocenters.